The smallest absolute Gasteiger partial charge is 0.214 e. The van der Waals surface area contributed by atoms with E-state index < -0.39 is 11.4 Å². The minimum atomic E-state index is -1.72. The highest BCUT2D eigenvalue weighted by Gasteiger charge is 2.00. The number of benzene rings is 2. The lowest BCUT2D eigenvalue weighted by Gasteiger charge is -2.00. The molecular formula is C13H12AlCl3. The van der Waals surface area contributed by atoms with Crippen molar-refractivity contribution in [3.05, 3.63) is 71.8 Å². The van der Waals surface area contributed by atoms with Crippen LogP contribution in [0.25, 0.3) is 0 Å². The van der Waals surface area contributed by atoms with Gasteiger partial charge in [-0.25, -0.2) is 30.1 Å². The van der Waals surface area contributed by atoms with Gasteiger partial charge < -0.3 is 0 Å². The fourth-order valence-corrected chi connectivity index (χ4v) is 1.43. The van der Waals surface area contributed by atoms with Gasteiger partial charge in [-0.15, -0.1) is 0 Å². The molecular weight excluding hydrogens is 289 g/mol. The van der Waals surface area contributed by atoms with Gasteiger partial charge >= 0.3 is 11.4 Å². The van der Waals surface area contributed by atoms with Gasteiger partial charge in [-0.3, -0.25) is 0 Å². The van der Waals surface area contributed by atoms with Crippen LogP contribution in [0.5, 0.6) is 0 Å². The second-order valence-corrected chi connectivity index (χ2v) is 9.83. The Bertz CT molecular complexity index is 363. The first-order valence-corrected chi connectivity index (χ1v) is 10.4. The summed E-state index contributed by atoms with van der Waals surface area (Å²) in [6, 6.07) is 21.1. The number of hydrogen-bond donors (Lipinski definition) is 0. The Hall–Kier alpha value is -0.158. The molecule has 2 rings (SSSR count). The van der Waals surface area contributed by atoms with E-state index in [4.69, 9.17) is 30.1 Å². The van der Waals surface area contributed by atoms with Gasteiger partial charge in [0, 0.05) is 0 Å². The van der Waals surface area contributed by atoms with Crippen LogP contribution in [-0.4, -0.2) is 11.4 Å². The average molecular weight is 302 g/mol. The van der Waals surface area contributed by atoms with Crippen molar-refractivity contribution in [2.24, 2.45) is 0 Å². The summed E-state index contributed by atoms with van der Waals surface area (Å²) in [6.07, 6.45) is 1.03. The first-order chi connectivity index (χ1) is 8.18. The van der Waals surface area contributed by atoms with E-state index >= 15 is 0 Å². The van der Waals surface area contributed by atoms with Gasteiger partial charge in [0.05, 0.1) is 0 Å². The topological polar surface area (TPSA) is 0 Å². The summed E-state index contributed by atoms with van der Waals surface area (Å²) in [4.78, 5) is 0. The van der Waals surface area contributed by atoms with Gasteiger partial charge in [0.2, 0.25) is 0 Å². The number of hydrogen-bond acceptors (Lipinski definition) is 0. The lowest BCUT2D eigenvalue weighted by Crippen LogP contribution is -1.85. The Labute approximate surface area is 119 Å². The van der Waals surface area contributed by atoms with Crippen LogP contribution in [0, 0.1) is 0 Å². The molecule has 2 aromatic carbocycles. The molecule has 0 radical (unpaired) electrons. The molecule has 0 saturated carbocycles. The maximum Gasteiger partial charge on any atom is 0.643 e. The maximum absolute atomic E-state index is 4.94. The van der Waals surface area contributed by atoms with E-state index in [2.05, 4.69) is 60.7 Å². The standard InChI is InChI=1S/C13H12.Al.3ClH/c1-3-7-12(8-4-1)11-13-9-5-2-6-10-13;;;;/h1-10H,11H2;;3*1H/q;+3;;;/p-3. The number of halogens is 3. The van der Waals surface area contributed by atoms with Crippen molar-refractivity contribution in [1.29, 1.82) is 0 Å². The van der Waals surface area contributed by atoms with Gasteiger partial charge in [-0.1, -0.05) is 60.7 Å². The van der Waals surface area contributed by atoms with E-state index in [1.807, 2.05) is 0 Å². The molecule has 0 unspecified atom stereocenters. The fourth-order valence-electron chi connectivity index (χ4n) is 1.43. The molecule has 0 bridgehead atoms. The molecule has 0 nitrogen and oxygen atoms in total. The minimum absolute atomic E-state index is 1.03. The maximum atomic E-state index is 4.94. The van der Waals surface area contributed by atoms with Crippen LogP contribution in [0.2, 0.25) is 0 Å². The van der Waals surface area contributed by atoms with Gasteiger partial charge in [0.1, 0.15) is 0 Å². The van der Waals surface area contributed by atoms with Crippen LogP contribution < -0.4 is 0 Å². The Balaban J connectivity index is 0.000000317. The summed E-state index contributed by atoms with van der Waals surface area (Å²) in [5.74, 6) is 0. The zero-order chi connectivity index (χ0) is 12.5. The first kappa shape index (κ1) is 14.9. The van der Waals surface area contributed by atoms with Crippen LogP contribution in [-0.2, 0) is 6.42 Å². The largest absolute Gasteiger partial charge is 0.643 e. The van der Waals surface area contributed by atoms with Crippen molar-refractivity contribution in [3.63, 3.8) is 0 Å². The Morgan fingerprint density at radius 1 is 0.647 bits per heavy atom. The Morgan fingerprint density at radius 2 is 0.941 bits per heavy atom. The van der Waals surface area contributed by atoms with E-state index in [1.54, 1.807) is 0 Å². The molecule has 88 valence electrons. The highest BCUT2D eigenvalue weighted by Crippen LogP contribution is 2.07. The van der Waals surface area contributed by atoms with Crippen molar-refractivity contribution < 1.29 is 0 Å². The highest BCUT2D eigenvalue weighted by molar-refractivity contribution is 7.54. The normalized spacial score (nSPS) is 9.12. The monoisotopic (exact) mass is 300 g/mol. The van der Waals surface area contributed by atoms with Crippen molar-refractivity contribution in [3.8, 4) is 0 Å². The zero-order valence-electron chi connectivity index (χ0n) is 9.19. The summed E-state index contributed by atoms with van der Waals surface area (Å²) < 4.78 is 0. The second-order valence-electron chi connectivity index (χ2n) is 3.40. The molecule has 0 spiro atoms. The summed E-state index contributed by atoms with van der Waals surface area (Å²) in [6.45, 7) is 0. The summed E-state index contributed by atoms with van der Waals surface area (Å²) in [5, 5.41) is 0. The predicted octanol–water partition coefficient (Wildman–Crippen LogP) is 4.97. The van der Waals surface area contributed by atoms with Gasteiger partial charge in [0.25, 0.3) is 0 Å². The van der Waals surface area contributed by atoms with Crippen LogP contribution in [0.15, 0.2) is 60.7 Å². The zero-order valence-corrected chi connectivity index (χ0v) is 12.6. The van der Waals surface area contributed by atoms with E-state index in [9.17, 15) is 0 Å². The molecule has 17 heavy (non-hydrogen) atoms. The van der Waals surface area contributed by atoms with Crippen molar-refractivity contribution in [2.45, 2.75) is 6.42 Å². The van der Waals surface area contributed by atoms with Crippen LogP contribution in [0.3, 0.4) is 0 Å². The molecule has 0 aromatic heterocycles. The molecule has 0 aliphatic carbocycles. The molecule has 0 amide bonds. The molecule has 0 atom stereocenters. The fraction of sp³-hybridized carbons (Fsp3) is 0.0769. The molecule has 0 saturated heterocycles. The highest BCUT2D eigenvalue weighted by atomic mass is 35.8. The first-order valence-electron chi connectivity index (χ1n) is 5.18. The predicted molar refractivity (Wildman–Crippen MR) is 79.0 cm³/mol. The third kappa shape index (κ3) is 7.71. The van der Waals surface area contributed by atoms with Crippen LogP contribution >= 0.6 is 30.1 Å². The Kier molecular flexibility index (Phi) is 7.77. The van der Waals surface area contributed by atoms with E-state index in [0.717, 1.165) is 6.42 Å². The van der Waals surface area contributed by atoms with Crippen LogP contribution in [0.4, 0.5) is 0 Å². The third-order valence-corrected chi connectivity index (χ3v) is 2.09. The van der Waals surface area contributed by atoms with Gasteiger partial charge in [-0.2, -0.15) is 0 Å². The van der Waals surface area contributed by atoms with Gasteiger partial charge in [0.15, 0.2) is 0 Å². The molecule has 2 aromatic rings. The lowest BCUT2D eigenvalue weighted by molar-refractivity contribution is 1.19. The lowest BCUT2D eigenvalue weighted by atomic mass is 10.1. The van der Waals surface area contributed by atoms with Gasteiger partial charge in [-0.05, 0) is 17.5 Å². The molecule has 0 fully saturated rings. The minimum Gasteiger partial charge on any atom is -0.214 e. The third-order valence-electron chi connectivity index (χ3n) is 2.09. The molecule has 0 heterocycles. The van der Waals surface area contributed by atoms with E-state index in [-0.39, 0.29) is 0 Å². The van der Waals surface area contributed by atoms with E-state index in [1.165, 1.54) is 11.1 Å². The quantitative estimate of drug-likeness (QED) is 0.687. The van der Waals surface area contributed by atoms with E-state index in [0.29, 0.717) is 0 Å². The van der Waals surface area contributed by atoms with Crippen molar-refractivity contribution >= 4 is 41.5 Å². The molecule has 0 aliphatic heterocycles. The summed E-state index contributed by atoms with van der Waals surface area (Å²) >= 11 is -1.72. The molecule has 4 heteroatoms. The number of rotatable bonds is 2. The Morgan fingerprint density at radius 3 is 1.24 bits per heavy atom. The second kappa shape index (κ2) is 8.86. The molecule has 0 N–H and O–H groups in total. The average Bonchev–Trinajstić information content (AvgIpc) is 2.31. The molecule has 0 aliphatic rings. The van der Waals surface area contributed by atoms with Crippen molar-refractivity contribution in [2.75, 3.05) is 0 Å². The summed E-state index contributed by atoms with van der Waals surface area (Å²) in [7, 11) is 14.8. The van der Waals surface area contributed by atoms with Crippen molar-refractivity contribution in [1.82, 2.24) is 0 Å². The summed E-state index contributed by atoms with van der Waals surface area (Å²) in [5.41, 5.74) is 2.74. The van der Waals surface area contributed by atoms with Crippen LogP contribution in [0.1, 0.15) is 11.1 Å². The SMILES string of the molecule is [Cl][Al]([Cl])[Cl].c1ccc(Cc2ccccc2)cc1.